The molecule has 0 aromatic rings. The summed E-state index contributed by atoms with van der Waals surface area (Å²) in [7, 11) is 0. The molecule has 1 saturated heterocycles. The molecule has 15 heavy (non-hydrogen) atoms. The summed E-state index contributed by atoms with van der Waals surface area (Å²) in [5.41, 5.74) is 0. The van der Waals surface area contributed by atoms with Crippen LogP contribution >= 0.6 is 0 Å². The van der Waals surface area contributed by atoms with Gasteiger partial charge in [0.25, 0.3) is 0 Å². The zero-order chi connectivity index (χ0) is 11.3. The Bertz CT molecular complexity index is 181. The summed E-state index contributed by atoms with van der Waals surface area (Å²) in [6, 6.07) is 0. The standard InChI is InChI=1S/C9H16F3NO2/c10-9(11,12)7-15-3-1-2-13-4-8(5-13)6-14/h8,14H,1-7H2. The van der Waals surface area contributed by atoms with E-state index in [9.17, 15) is 13.2 Å². The van der Waals surface area contributed by atoms with Gasteiger partial charge in [0.1, 0.15) is 6.61 Å². The van der Waals surface area contributed by atoms with Gasteiger partial charge in [0.15, 0.2) is 0 Å². The molecule has 6 heteroatoms. The second kappa shape index (κ2) is 5.67. The minimum atomic E-state index is -4.22. The van der Waals surface area contributed by atoms with Crippen molar-refractivity contribution in [3.63, 3.8) is 0 Å². The van der Waals surface area contributed by atoms with E-state index in [1.54, 1.807) is 0 Å². The lowest BCUT2D eigenvalue weighted by Gasteiger charge is -2.38. The quantitative estimate of drug-likeness (QED) is 0.684. The second-order valence-corrected chi connectivity index (χ2v) is 3.83. The van der Waals surface area contributed by atoms with E-state index in [1.165, 1.54) is 0 Å². The topological polar surface area (TPSA) is 32.7 Å². The van der Waals surface area contributed by atoms with Crippen molar-refractivity contribution in [2.75, 3.05) is 39.5 Å². The molecule has 90 valence electrons. The Morgan fingerprint density at radius 3 is 2.53 bits per heavy atom. The van der Waals surface area contributed by atoms with E-state index in [-0.39, 0.29) is 13.2 Å². The highest BCUT2D eigenvalue weighted by molar-refractivity contribution is 4.78. The lowest BCUT2D eigenvalue weighted by atomic mass is 10.0. The van der Waals surface area contributed by atoms with Gasteiger partial charge in [0.05, 0.1) is 0 Å². The first-order valence-corrected chi connectivity index (χ1v) is 4.99. The molecule has 1 aliphatic heterocycles. The predicted octanol–water partition coefficient (Wildman–Crippen LogP) is 0.879. The van der Waals surface area contributed by atoms with E-state index >= 15 is 0 Å². The number of hydrogen-bond donors (Lipinski definition) is 1. The van der Waals surface area contributed by atoms with Crippen molar-refractivity contribution in [1.82, 2.24) is 4.90 Å². The van der Waals surface area contributed by atoms with Crippen LogP contribution in [0, 0.1) is 5.92 Å². The van der Waals surface area contributed by atoms with Crippen molar-refractivity contribution in [3.8, 4) is 0 Å². The number of nitrogens with zero attached hydrogens (tertiary/aromatic N) is 1. The van der Waals surface area contributed by atoms with Gasteiger partial charge < -0.3 is 14.7 Å². The van der Waals surface area contributed by atoms with Gasteiger partial charge in [-0.25, -0.2) is 0 Å². The molecular formula is C9H16F3NO2. The molecule has 3 nitrogen and oxygen atoms in total. The molecule has 0 unspecified atom stereocenters. The van der Waals surface area contributed by atoms with Crippen molar-refractivity contribution >= 4 is 0 Å². The first-order valence-electron chi connectivity index (χ1n) is 4.99. The summed E-state index contributed by atoms with van der Waals surface area (Å²) in [6.07, 6.45) is -3.62. The van der Waals surface area contributed by atoms with Crippen molar-refractivity contribution in [2.24, 2.45) is 5.92 Å². The lowest BCUT2D eigenvalue weighted by Crippen LogP contribution is -2.48. The first-order chi connectivity index (χ1) is 7.01. The zero-order valence-electron chi connectivity index (χ0n) is 8.46. The normalized spacial score (nSPS) is 19.2. The van der Waals surface area contributed by atoms with Crippen LogP contribution in [-0.2, 0) is 4.74 Å². The maximum atomic E-state index is 11.7. The number of aliphatic hydroxyl groups excluding tert-OH is 1. The molecule has 1 N–H and O–H groups in total. The molecule has 0 aromatic heterocycles. The summed E-state index contributed by atoms with van der Waals surface area (Å²) in [4.78, 5) is 2.10. The maximum Gasteiger partial charge on any atom is 0.411 e. The fraction of sp³-hybridized carbons (Fsp3) is 1.00. The lowest BCUT2D eigenvalue weighted by molar-refractivity contribution is -0.174. The third-order valence-electron chi connectivity index (χ3n) is 2.32. The molecule has 0 atom stereocenters. The SMILES string of the molecule is OCC1CN(CCCOCC(F)(F)F)C1. The first kappa shape index (κ1) is 12.7. The molecule has 0 bridgehead atoms. The van der Waals surface area contributed by atoms with Crippen molar-refractivity contribution < 1.29 is 23.0 Å². The summed E-state index contributed by atoms with van der Waals surface area (Å²) in [6.45, 7) is 1.60. The third-order valence-corrected chi connectivity index (χ3v) is 2.32. The van der Waals surface area contributed by atoms with Gasteiger partial charge in [-0.05, 0) is 6.42 Å². The number of rotatable bonds is 6. The summed E-state index contributed by atoms with van der Waals surface area (Å²) >= 11 is 0. The number of ether oxygens (including phenoxy) is 1. The van der Waals surface area contributed by atoms with E-state index in [1.807, 2.05) is 0 Å². The molecule has 0 aliphatic carbocycles. The van der Waals surface area contributed by atoms with E-state index in [0.29, 0.717) is 12.3 Å². The van der Waals surface area contributed by atoms with E-state index in [4.69, 9.17) is 5.11 Å². The smallest absolute Gasteiger partial charge is 0.396 e. The Morgan fingerprint density at radius 1 is 1.33 bits per heavy atom. The average molecular weight is 227 g/mol. The fourth-order valence-electron chi connectivity index (χ4n) is 1.55. The van der Waals surface area contributed by atoms with Crippen LogP contribution in [0.25, 0.3) is 0 Å². The molecule has 0 aromatic carbocycles. The minimum Gasteiger partial charge on any atom is -0.396 e. The van der Waals surface area contributed by atoms with Crippen LogP contribution in [0.15, 0.2) is 0 Å². The molecule has 0 radical (unpaired) electrons. The predicted molar refractivity (Wildman–Crippen MR) is 48.5 cm³/mol. The second-order valence-electron chi connectivity index (χ2n) is 3.83. The third kappa shape index (κ3) is 5.34. The van der Waals surface area contributed by atoms with Crippen LogP contribution < -0.4 is 0 Å². The fourth-order valence-corrected chi connectivity index (χ4v) is 1.55. The number of halogens is 3. The van der Waals surface area contributed by atoms with Gasteiger partial charge in [-0.2, -0.15) is 13.2 Å². The Hall–Kier alpha value is -0.330. The van der Waals surface area contributed by atoms with Gasteiger partial charge in [-0.1, -0.05) is 0 Å². The van der Waals surface area contributed by atoms with Gasteiger partial charge in [-0.15, -0.1) is 0 Å². The van der Waals surface area contributed by atoms with Crippen molar-refractivity contribution in [2.45, 2.75) is 12.6 Å². The monoisotopic (exact) mass is 227 g/mol. The molecule has 0 saturated carbocycles. The Kier molecular flexibility index (Phi) is 4.82. The largest absolute Gasteiger partial charge is 0.411 e. The molecule has 1 rings (SSSR count). The minimum absolute atomic E-state index is 0.139. The van der Waals surface area contributed by atoms with E-state index < -0.39 is 12.8 Å². The Balaban J connectivity index is 1.86. The average Bonchev–Trinajstić information content (AvgIpc) is 2.05. The Morgan fingerprint density at radius 2 is 2.00 bits per heavy atom. The highest BCUT2D eigenvalue weighted by Gasteiger charge is 2.27. The van der Waals surface area contributed by atoms with Gasteiger partial charge in [0.2, 0.25) is 0 Å². The van der Waals surface area contributed by atoms with Crippen molar-refractivity contribution in [3.05, 3.63) is 0 Å². The molecule has 1 fully saturated rings. The van der Waals surface area contributed by atoms with Crippen LogP contribution in [0.2, 0.25) is 0 Å². The maximum absolute atomic E-state index is 11.7. The van der Waals surface area contributed by atoms with Gasteiger partial charge >= 0.3 is 6.18 Å². The van der Waals surface area contributed by atoms with Crippen LogP contribution in [0.3, 0.4) is 0 Å². The molecule has 1 aliphatic rings. The van der Waals surface area contributed by atoms with E-state index in [0.717, 1.165) is 19.6 Å². The number of aliphatic hydroxyl groups is 1. The molecule has 1 heterocycles. The van der Waals surface area contributed by atoms with Gasteiger partial charge in [-0.3, -0.25) is 0 Å². The number of alkyl halides is 3. The van der Waals surface area contributed by atoms with Crippen LogP contribution in [0.5, 0.6) is 0 Å². The van der Waals surface area contributed by atoms with Crippen LogP contribution in [0.1, 0.15) is 6.42 Å². The number of likely N-dealkylation sites (tertiary alicyclic amines) is 1. The molecule has 0 spiro atoms. The molecular weight excluding hydrogens is 211 g/mol. The Labute approximate surface area is 86.8 Å². The van der Waals surface area contributed by atoms with Crippen LogP contribution in [-0.4, -0.2) is 55.6 Å². The zero-order valence-corrected chi connectivity index (χ0v) is 8.46. The highest BCUT2D eigenvalue weighted by atomic mass is 19.4. The number of hydrogen-bond acceptors (Lipinski definition) is 3. The molecule has 0 amide bonds. The van der Waals surface area contributed by atoms with Crippen LogP contribution in [0.4, 0.5) is 13.2 Å². The van der Waals surface area contributed by atoms with Crippen molar-refractivity contribution in [1.29, 1.82) is 0 Å². The van der Waals surface area contributed by atoms with Gasteiger partial charge in [0, 0.05) is 38.8 Å². The van der Waals surface area contributed by atoms with E-state index in [2.05, 4.69) is 9.64 Å². The summed E-state index contributed by atoms with van der Waals surface area (Å²) in [5.74, 6) is 0.348. The highest BCUT2D eigenvalue weighted by Crippen LogP contribution is 2.16. The summed E-state index contributed by atoms with van der Waals surface area (Å²) < 4.78 is 39.4. The summed E-state index contributed by atoms with van der Waals surface area (Å²) in [5, 5.41) is 8.73.